The quantitative estimate of drug-likeness (QED) is 0.300. The monoisotopic (exact) mass is 395 g/mol. The smallest absolute Gasteiger partial charge is 0.342 e. The fourth-order valence-electron chi connectivity index (χ4n) is 2.88. The Bertz CT molecular complexity index is 849. The van der Waals surface area contributed by atoms with Crippen molar-refractivity contribution in [3.05, 3.63) is 88.6 Å². The van der Waals surface area contributed by atoms with Gasteiger partial charge < -0.3 is 9.64 Å². The zero-order valence-corrected chi connectivity index (χ0v) is 17.3. The molecule has 0 N–H and O–H groups in total. The predicted molar refractivity (Wildman–Crippen MR) is 116 cm³/mol. The molecule has 0 saturated heterocycles. The van der Waals surface area contributed by atoms with E-state index in [1.807, 2.05) is 24.3 Å². The van der Waals surface area contributed by atoms with Crippen molar-refractivity contribution in [2.75, 3.05) is 38.8 Å². The number of carbonyl (C=O) groups is 1. The molecule has 3 aromatic rings. The van der Waals surface area contributed by atoms with E-state index in [2.05, 4.69) is 60.8 Å². The van der Waals surface area contributed by atoms with Crippen LogP contribution < -0.4 is 4.90 Å². The highest BCUT2D eigenvalue weighted by Crippen LogP contribution is 2.19. The highest BCUT2D eigenvalue weighted by Gasteiger charge is 2.20. The van der Waals surface area contributed by atoms with Crippen molar-refractivity contribution >= 4 is 23.0 Å². The molecule has 0 unspecified atom stereocenters. The highest BCUT2D eigenvalue weighted by molar-refractivity contribution is 7.09. The largest absolute Gasteiger partial charge is 0.411 e. The normalized spacial score (nSPS) is 11.2. The van der Waals surface area contributed by atoms with Crippen molar-refractivity contribution in [3.8, 4) is 0 Å². The molecule has 0 spiro atoms. The summed E-state index contributed by atoms with van der Waals surface area (Å²) in [4.78, 5) is 15.9. The molecule has 0 bridgehead atoms. The van der Waals surface area contributed by atoms with E-state index in [9.17, 15) is 4.79 Å². The summed E-state index contributed by atoms with van der Waals surface area (Å²) in [5.41, 5.74) is 1.79. The van der Waals surface area contributed by atoms with Gasteiger partial charge in [-0.1, -0.05) is 42.5 Å². The van der Waals surface area contributed by atoms with E-state index in [1.54, 1.807) is 23.5 Å². The molecule has 1 aromatic heterocycles. The first-order chi connectivity index (χ1) is 13.5. The van der Waals surface area contributed by atoms with Crippen molar-refractivity contribution in [2.24, 2.45) is 0 Å². The van der Waals surface area contributed by atoms with E-state index in [-0.39, 0.29) is 5.97 Å². The van der Waals surface area contributed by atoms with Gasteiger partial charge in [0.1, 0.15) is 0 Å². The zero-order valence-electron chi connectivity index (χ0n) is 16.5. The van der Waals surface area contributed by atoms with E-state index in [4.69, 9.17) is 4.74 Å². The molecule has 0 fully saturated rings. The number of nitrogens with zero attached hydrogens (tertiary/aromatic N) is 2. The summed E-state index contributed by atoms with van der Waals surface area (Å²) in [6, 6.07) is 23.9. The van der Waals surface area contributed by atoms with Gasteiger partial charge in [-0.3, -0.25) is 4.48 Å². The topological polar surface area (TPSA) is 29.5 Å². The summed E-state index contributed by atoms with van der Waals surface area (Å²) < 4.78 is 6.16. The van der Waals surface area contributed by atoms with Crippen LogP contribution in [0.15, 0.2) is 78.2 Å². The van der Waals surface area contributed by atoms with Crippen LogP contribution in [-0.2, 0) is 11.3 Å². The van der Waals surface area contributed by atoms with Gasteiger partial charge in [0.15, 0.2) is 0 Å². The molecule has 2 aromatic carbocycles. The van der Waals surface area contributed by atoms with Gasteiger partial charge in [0.05, 0.1) is 39.3 Å². The number of quaternary nitrogens is 1. The van der Waals surface area contributed by atoms with Crippen molar-refractivity contribution in [3.63, 3.8) is 0 Å². The lowest BCUT2D eigenvalue weighted by molar-refractivity contribution is -0.905. The Balaban J connectivity index is 1.58. The molecule has 28 heavy (non-hydrogen) atoms. The summed E-state index contributed by atoms with van der Waals surface area (Å²) >= 11 is 1.77. The number of ether oxygens (including phenoxy) is 1. The fourth-order valence-corrected chi connectivity index (χ4v) is 3.60. The number of para-hydroxylation sites is 1. The SMILES string of the molecule is C[N+](C)(CCN(Cc1cccs1)c1ccccc1)COC(=O)c1ccccc1. The fraction of sp³-hybridized carbons (Fsp3) is 0.261. The number of thiophene rings is 1. The average Bonchev–Trinajstić information content (AvgIpc) is 3.24. The number of likely N-dealkylation sites (N-methyl/N-ethyl adjacent to an activating group) is 1. The molecule has 0 aliphatic carbocycles. The Morgan fingerprint density at radius 3 is 2.29 bits per heavy atom. The standard InChI is InChI=1S/C23H27N2O2S/c1-25(2,19-27-23(26)20-10-5-3-6-11-20)16-15-24(18-22-14-9-17-28-22)21-12-7-4-8-13-21/h3-14,17H,15-16,18-19H2,1-2H3/q+1. The molecule has 0 amide bonds. The summed E-state index contributed by atoms with van der Waals surface area (Å²) in [7, 11) is 4.18. The zero-order chi connectivity index (χ0) is 19.8. The van der Waals surface area contributed by atoms with Gasteiger partial charge in [0.25, 0.3) is 0 Å². The number of rotatable bonds is 9. The third-order valence-electron chi connectivity index (χ3n) is 4.58. The Kier molecular flexibility index (Phi) is 6.85. The maximum atomic E-state index is 12.2. The van der Waals surface area contributed by atoms with Gasteiger partial charge in [0, 0.05) is 10.6 Å². The molecular weight excluding hydrogens is 368 g/mol. The van der Waals surface area contributed by atoms with Gasteiger partial charge in [-0.25, -0.2) is 4.79 Å². The van der Waals surface area contributed by atoms with Crippen molar-refractivity contribution < 1.29 is 14.0 Å². The average molecular weight is 396 g/mol. The van der Waals surface area contributed by atoms with E-state index < -0.39 is 0 Å². The minimum atomic E-state index is -0.273. The first kappa shape index (κ1) is 20.1. The molecular formula is C23H27N2O2S+. The molecule has 0 aliphatic rings. The molecule has 0 atom stereocenters. The van der Waals surface area contributed by atoms with Crippen LogP contribution in [0.2, 0.25) is 0 Å². The van der Waals surface area contributed by atoms with Crippen LogP contribution in [-0.4, -0.2) is 44.4 Å². The Morgan fingerprint density at radius 2 is 1.64 bits per heavy atom. The Labute approximate surface area is 171 Å². The lowest BCUT2D eigenvalue weighted by Crippen LogP contribution is -2.47. The molecule has 3 rings (SSSR count). The third-order valence-corrected chi connectivity index (χ3v) is 5.44. The van der Waals surface area contributed by atoms with E-state index in [1.165, 1.54) is 10.6 Å². The van der Waals surface area contributed by atoms with Crippen LogP contribution >= 0.6 is 11.3 Å². The Morgan fingerprint density at radius 1 is 0.964 bits per heavy atom. The molecule has 4 nitrogen and oxygen atoms in total. The van der Waals surface area contributed by atoms with Crippen LogP contribution in [0.4, 0.5) is 5.69 Å². The van der Waals surface area contributed by atoms with Gasteiger partial charge in [-0.05, 0) is 35.7 Å². The lowest BCUT2D eigenvalue weighted by atomic mass is 10.2. The second kappa shape index (κ2) is 9.53. The van der Waals surface area contributed by atoms with Gasteiger partial charge in [-0.15, -0.1) is 11.3 Å². The van der Waals surface area contributed by atoms with Crippen LogP contribution in [0.5, 0.6) is 0 Å². The van der Waals surface area contributed by atoms with Crippen LogP contribution in [0.25, 0.3) is 0 Å². The third kappa shape index (κ3) is 5.94. The summed E-state index contributed by atoms with van der Waals surface area (Å²) in [5.74, 6) is -0.273. The number of anilines is 1. The second-order valence-electron chi connectivity index (χ2n) is 7.42. The van der Waals surface area contributed by atoms with E-state index >= 15 is 0 Å². The highest BCUT2D eigenvalue weighted by atomic mass is 32.1. The first-order valence-electron chi connectivity index (χ1n) is 9.40. The van der Waals surface area contributed by atoms with E-state index in [0.717, 1.165) is 19.6 Å². The maximum absolute atomic E-state index is 12.2. The molecule has 0 aliphatic heterocycles. The van der Waals surface area contributed by atoms with Crippen LogP contribution in [0.1, 0.15) is 15.2 Å². The van der Waals surface area contributed by atoms with E-state index in [0.29, 0.717) is 16.8 Å². The van der Waals surface area contributed by atoms with Crippen LogP contribution in [0.3, 0.4) is 0 Å². The number of benzene rings is 2. The van der Waals surface area contributed by atoms with Crippen LogP contribution in [0, 0.1) is 0 Å². The van der Waals surface area contributed by atoms with Crippen molar-refractivity contribution in [1.29, 1.82) is 0 Å². The molecule has 0 saturated carbocycles. The lowest BCUT2D eigenvalue weighted by Gasteiger charge is -2.32. The maximum Gasteiger partial charge on any atom is 0.342 e. The van der Waals surface area contributed by atoms with Crippen molar-refractivity contribution in [1.82, 2.24) is 0 Å². The second-order valence-corrected chi connectivity index (χ2v) is 8.45. The Hall–Kier alpha value is -2.63. The number of esters is 1. The first-order valence-corrected chi connectivity index (χ1v) is 10.3. The predicted octanol–water partition coefficient (Wildman–Crippen LogP) is 4.65. The number of carbonyl (C=O) groups excluding carboxylic acids is 1. The molecule has 5 heteroatoms. The summed E-state index contributed by atoms with van der Waals surface area (Å²) in [6.07, 6.45) is 0. The number of hydrogen-bond donors (Lipinski definition) is 0. The van der Waals surface area contributed by atoms with Gasteiger partial charge >= 0.3 is 5.97 Å². The summed E-state index contributed by atoms with van der Waals surface area (Å²) in [6.45, 7) is 2.96. The van der Waals surface area contributed by atoms with Crippen molar-refractivity contribution in [2.45, 2.75) is 6.54 Å². The number of hydrogen-bond acceptors (Lipinski definition) is 4. The van der Waals surface area contributed by atoms with Gasteiger partial charge in [-0.2, -0.15) is 0 Å². The molecule has 0 radical (unpaired) electrons. The summed E-state index contributed by atoms with van der Waals surface area (Å²) in [5, 5.41) is 2.11. The van der Waals surface area contributed by atoms with Gasteiger partial charge in [0.2, 0.25) is 6.73 Å². The molecule has 1 heterocycles. The minimum Gasteiger partial charge on any atom is -0.411 e. The minimum absolute atomic E-state index is 0.273. The molecule has 146 valence electrons.